The monoisotopic (exact) mass is 404 g/mol. The molecule has 126 valence electrons. The number of esters is 4. The Balaban J connectivity index is -0.000000298. The molecule has 0 amide bonds. The van der Waals surface area contributed by atoms with Gasteiger partial charge in [0.2, 0.25) is 0 Å². The topological polar surface area (TPSA) is 222 Å². The molecule has 0 aromatic carbocycles. The summed E-state index contributed by atoms with van der Waals surface area (Å²) < 4.78 is 7.39. The molecule has 24 heavy (non-hydrogen) atoms. The Morgan fingerprint density at radius 2 is 0.875 bits per heavy atom. The van der Waals surface area contributed by atoms with Crippen molar-refractivity contribution in [3.05, 3.63) is 0 Å². The number of carbonyl (C=O) groups excluding carboxylic acids is 4. The molecule has 0 atom stereocenters. The van der Waals surface area contributed by atoms with E-state index in [4.69, 9.17) is 25.3 Å². The zero-order valence-corrected chi connectivity index (χ0v) is 10.5. The quantitative estimate of drug-likeness (QED) is 0.128. The summed E-state index contributed by atoms with van der Waals surface area (Å²) in [6.45, 7) is 0. The molecule has 0 saturated carbocycles. The van der Waals surface area contributed by atoms with Crippen LogP contribution in [0.5, 0.6) is 0 Å². The van der Waals surface area contributed by atoms with E-state index in [1.807, 2.05) is 0 Å². The van der Waals surface area contributed by atoms with Gasteiger partial charge in [0, 0.05) is 0 Å². The average molecular weight is 404 g/mol. The van der Waals surface area contributed by atoms with Crippen molar-refractivity contribution < 1.29 is 63.5 Å². The molecule has 0 spiro atoms. The number of carboxylic acids is 2. The number of rotatable bonds is 4. The van der Waals surface area contributed by atoms with Crippen LogP contribution in [0, 0.1) is 0 Å². The molecule has 0 bridgehead atoms. The molecule has 0 rings (SSSR count). The van der Waals surface area contributed by atoms with E-state index in [0.29, 0.717) is 0 Å². The Morgan fingerprint density at radius 3 is 1.04 bits per heavy atom. The number of carboxylic acid groups (broad SMARTS) is 2. The molecule has 16 heteroatoms. The van der Waals surface area contributed by atoms with Gasteiger partial charge < -0.3 is 34.8 Å². The molecule has 0 heterocycles. The predicted octanol–water partition coefficient (Wildman–Crippen LogP) is -5.27. The fourth-order valence-electron chi connectivity index (χ4n) is 0.609. The Bertz CT molecular complexity index is 434. The van der Waals surface area contributed by atoms with E-state index in [1.165, 1.54) is 0 Å². The first kappa shape index (κ1) is 32.1. The maximum atomic E-state index is 10.7. The summed E-state index contributed by atoms with van der Waals surface area (Å²) in [7, 11) is -2.17. The summed E-state index contributed by atoms with van der Waals surface area (Å²) in [6.07, 6.45) is -2.33. The standard InChI is InChI=1S/C8H6O10.BH3O3.2K.2H/c9-3(10)1-5(13)17-7(15)8(16)18-6(14)2-4(11)12;2-1(3)4;;;;/h1-2H2,(H,9,10)(H,11,12);2-4H;;;;. The van der Waals surface area contributed by atoms with E-state index in [-0.39, 0.29) is 103 Å². The van der Waals surface area contributed by atoms with Crippen LogP contribution in [0.25, 0.3) is 0 Å². The Kier molecular flexibility index (Phi) is 24.4. The van der Waals surface area contributed by atoms with E-state index in [2.05, 4.69) is 9.47 Å². The average Bonchev–Trinajstić information content (AvgIpc) is 2.24. The number of carbonyl (C=O) groups is 6. The number of hydrogen-bond acceptors (Lipinski definition) is 11. The van der Waals surface area contributed by atoms with Crippen molar-refractivity contribution in [2.45, 2.75) is 12.8 Å². The molecule has 0 unspecified atom stereocenters. The summed E-state index contributed by atoms with van der Waals surface area (Å²) in [6, 6.07) is 0. The molecule has 0 fully saturated rings. The normalized spacial score (nSPS) is 7.96. The zero-order chi connectivity index (χ0) is 17.9. The molecule has 0 aromatic heterocycles. The van der Waals surface area contributed by atoms with Crippen molar-refractivity contribution in [3.63, 3.8) is 0 Å². The Labute approximate surface area is 218 Å². The first-order chi connectivity index (χ1) is 9.95. The van der Waals surface area contributed by atoms with Crippen molar-refractivity contribution in [1.29, 1.82) is 0 Å². The van der Waals surface area contributed by atoms with Gasteiger partial charge in [-0.2, -0.15) is 0 Å². The summed E-state index contributed by atoms with van der Waals surface area (Å²) in [5.74, 6) is -10.1. The van der Waals surface area contributed by atoms with Gasteiger partial charge in [0.25, 0.3) is 0 Å². The molecule has 0 saturated heterocycles. The van der Waals surface area contributed by atoms with Crippen molar-refractivity contribution in [2.24, 2.45) is 0 Å². The van der Waals surface area contributed by atoms with Crippen molar-refractivity contribution in [1.82, 2.24) is 0 Å². The second-order valence-electron chi connectivity index (χ2n) is 3.01. The van der Waals surface area contributed by atoms with E-state index in [9.17, 15) is 28.8 Å². The first-order valence-corrected chi connectivity index (χ1v) is 4.93. The summed E-state index contributed by atoms with van der Waals surface area (Å²) in [5, 5.41) is 37.8. The molecule has 0 aliphatic heterocycles. The molecule has 5 N–H and O–H groups in total. The number of aliphatic carboxylic acids is 2. The third-order valence-electron chi connectivity index (χ3n) is 1.17. The molecular formula is C8H11BK2O13. The Morgan fingerprint density at radius 1 is 0.667 bits per heavy atom. The Hall–Kier alpha value is 0.438. The SMILES string of the molecule is O=C(O)CC(=O)OC(=O)C(=O)OC(=O)CC(=O)O.OB(O)O.[KH].[KH]. The third-order valence-corrected chi connectivity index (χ3v) is 1.17. The first-order valence-electron chi connectivity index (χ1n) is 4.93. The van der Waals surface area contributed by atoms with Gasteiger partial charge >= 0.3 is 146 Å². The number of hydrogen-bond donors (Lipinski definition) is 5. The van der Waals surface area contributed by atoms with Gasteiger partial charge in [0.1, 0.15) is 12.8 Å². The maximum absolute atomic E-state index is 10.7. The van der Waals surface area contributed by atoms with Crippen LogP contribution in [0.3, 0.4) is 0 Å². The minimum atomic E-state index is -2.17. The van der Waals surface area contributed by atoms with Crippen LogP contribution in [-0.4, -0.2) is 171 Å². The second-order valence-corrected chi connectivity index (χ2v) is 3.01. The molecule has 0 aromatic rings. The van der Waals surface area contributed by atoms with Crippen LogP contribution < -0.4 is 0 Å². The van der Waals surface area contributed by atoms with Gasteiger partial charge in [-0.25, -0.2) is 9.59 Å². The van der Waals surface area contributed by atoms with Crippen molar-refractivity contribution in [2.75, 3.05) is 0 Å². The fourth-order valence-corrected chi connectivity index (χ4v) is 0.609. The van der Waals surface area contributed by atoms with Gasteiger partial charge in [0.15, 0.2) is 0 Å². The van der Waals surface area contributed by atoms with E-state index < -0.39 is 56.0 Å². The third kappa shape index (κ3) is 24.7. The van der Waals surface area contributed by atoms with Crippen LogP contribution in [0.1, 0.15) is 12.8 Å². The van der Waals surface area contributed by atoms with Crippen LogP contribution in [0.4, 0.5) is 0 Å². The van der Waals surface area contributed by atoms with Crippen LogP contribution in [-0.2, 0) is 38.2 Å². The van der Waals surface area contributed by atoms with Crippen LogP contribution in [0.15, 0.2) is 0 Å². The van der Waals surface area contributed by atoms with Gasteiger partial charge in [-0.1, -0.05) is 0 Å². The summed E-state index contributed by atoms with van der Waals surface area (Å²) in [5.41, 5.74) is 0. The molecule has 0 radical (unpaired) electrons. The van der Waals surface area contributed by atoms with Crippen LogP contribution in [0.2, 0.25) is 0 Å². The van der Waals surface area contributed by atoms with Gasteiger partial charge in [-0.05, 0) is 0 Å². The summed E-state index contributed by atoms with van der Waals surface area (Å²) in [4.78, 5) is 62.8. The fraction of sp³-hybridized carbons (Fsp3) is 0.250. The van der Waals surface area contributed by atoms with E-state index in [1.54, 1.807) is 0 Å². The van der Waals surface area contributed by atoms with E-state index in [0.717, 1.165) is 0 Å². The summed E-state index contributed by atoms with van der Waals surface area (Å²) >= 11 is 0. The molecule has 0 aliphatic rings. The second kappa shape index (κ2) is 18.2. The zero-order valence-electron chi connectivity index (χ0n) is 10.5. The van der Waals surface area contributed by atoms with E-state index >= 15 is 0 Å². The van der Waals surface area contributed by atoms with Crippen molar-refractivity contribution >= 4 is 146 Å². The van der Waals surface area contributed by atoms with Crippen molar-refractivity contribution in [3.8, 4) is 0 Å². The number of ether oxygens (including phenoxy) is 2. The molecular weight excluding hydrogens is 393 g/mol. The molecule has 0 aliphatic carbocycles. The molecule has 13 nitrogen and oxygen atoms in total. The van der Waals surface area contributed by atoms with Gasteiger partial charge in [-0.15, -0.1) is 0 Å². The van der Waals surface area contributed by atoms with Gasteiger partial charge in [0.05, 0.1) is 0 Å². The predicted molar refractivity (Wildman–Crippen MR) is 73.4 cm³/mol. The van der Waals surface area contributed by atoms with Gasteiger partial charge in [-0.3, -0.25) is 19.2 Å². The van der Waals surface area contributed by atoms with Crippen LogP contribution >= 0.6 is 0 Å². The minimum absolute atomic E-state index is 0.